The van der Waals surface area contributed by atoms with Gasteiger partial charge < -0.3 is 15.0 Å². The molecule has 0 saturated carbocycles. The van der Waals surface area contributed by atoms with E-state index in [9.17, 15) is 9.59 Å². The molecule has 1 N–H and O–H groups in total. The molecule has 1 aliphatic rings. The van der Waals surface area contributed by atoms with Crippen LogP contribution in [0.25, 0.3) is 0 Å². The summed E-state index contributed by atoms with van der Waals surface area (Å²) < 4.78 is 5.64. The normalized spacial score (nSPS) is 14.0. The molecule has 2 aromatic carbocycles. The SMILES string of the molecule is O=C1NCC(=O)N(CCOc2ccccc2Cl)c2ccccc21. The van der Waals surface area contributed by atoms with E-state index in [0.29, 0.717) is 28.6 Å². The summed E-state index contributed by atoms with van der Waals surface area (Å²) in [5.74, 6) is 0.147. The molecule has 118 valence electrons. The van der Waals surface area contributed by atoms with Crippen LogP contribution >= 0.6 is 11.6 Å². The maximum Gasteiger partial charge on any atom is 0.253 e. The summed E-state index contributed by atoms with van der Waals surface area (Å²) in [4.78, 5) is 25.8. The van der Waals surface area contributed by atoms with Gasteiger partial charge in [-0.1, -0.05) is 35.9 Å². The van der Waals surface area contributed by atoms with Crippen molar-refractivity contribution in [2.75, 3.05) is 24.6 Å². The molecule has 5 nitrogen and oxygen atoms in total. The van der Waals surface area contributed by atoms with Crippen molar-refractivity contribution in [1.29, 1.82) is 0 Å². The zero-order valence-corrected chi connectivity index (χ0v) is 13.0. The molecule has 1 aliphatic heterocycles. The van der Waals surface area contributed by atoms with E-state index < -0.39 is 0 Å². The molecule has 0 unspecified atom stereocenters. The maximum absolute atomic E-state index is 12.3. The molecule has 0 saturated heterocycles. The summed E-state index contributed by atoms with van der Waals surface area (Å²) in [6, 6.07) is 14.2. The van der Waals surface area contributed by atoms with Gasteiger partial charge in [-0.25, -0.2) is 0 Å². The second kappa shape index (κ2) is 6.71. The number of benzene rings is 2. The lowest BCUT2D eigenvalue weighted by molar-refractivity contribution is -0.117. The van der Waals surface area contributed by atoms with Crippen molar-refractivity contribution in [3.05, 3.63) is 59.1 Å². The Morgan fingerprint density at radius 1 is 1.09 bits per heavy atom. The summed E-state index contributed by atoms with van der Waals surface area (Å²) >= 11 is 6.04. The molecule has 6 heteroatoms. The third-order valence-corrected chi connectivity index (χ3v) is 3.86. The van der Waals surface area contributed by atoms with E-state index in [1.807, 2.05) is 12.1 Å². The van der Waals surface area contributed by atoms with Gasteiger partial charge in [-0.3, -0.25) is 9.59 Å². The molecule has 2 aromatic rings. The largest absolute Gasteiger partial charge is 0.490 e. The number of para-hydroxylation sites is 2. The highest BCUT2D eigenvalue weighted by Gasteiger charge is 2.25. The number of nitrogens with one attached hydrogen (secondary N) is 1. The van der Waals surface area contributed by atoms with Gasteiger partial charge in [0.1, 0.15) is 12.4 Å². The minimum Gasteiger partial charge on any atom is -0.490 e. The number of carbonyl (C=O) groups is 2. The van der Waals surface area contributed by atoms with E-state index in [2.05, 4.69) is 5.32 Å². The van der Waals surface area contributed by atoms with Gasteiger partial charge in [0.25, 0.3) is 5.91 Å². The van der Waals surface area contributed by atoms with Gasteiger partial charge in [-0.2, -0.15) is 0 Å². The van der Waals surface area contributed by atoms with E-state index in [1.165, 1.54) is 0 Å². The molecule has 0 fully saturated rings. The molecule has 23 heavy (non-hydrogen) atoms. The van der Waals surface area contributed by atoms with Crippen LogP contribution in [0.2, 0.25) is 5.02 Å². The van der Waals surface area contributed by atoms with E-state index in [1.54, 1.807) is 41.3 Å². The van der Waals surface area contributed by atoms with E-state index in [0.717, 1.165) is 0 Å². The van der Waals surface area contributed by atoms with Gasteiger partial charge in [0.05, 0.1) is 29.4 Å². The Labute approximate surface area is 138 Å². The van der Waals surface area contributed by atoms with Crippen molar-refractivity contribution in [2.45, 2.75) is 0 Å². The molecule has 0 spiro atoms. The van der Waals surface area contributed by atoms with Crippen molar-refractivity contribution < 1.29 is 14.3 Å². The summed E-state index contributed by atoms with van der Waals surface area (Å²) in [6.45, 7) is 0.577. The van der Waals surface area contributed by atoms with Crippen molar-refractivity contribution >= 4 is 29.1 Å². The molecule has 1 heterocycles. The zero-order chi connectivity index (χ0) is 16.2. The van der Waals surface area contributed by atoms with Crippen LogP contribution in [0.1, 0.15) is 10.4 Å². The van der Waals surface area contributed by atoms with E-state index in [4.69, 9.17) is 16.3 Å². The second-order valence-corrected chi connectivity index (χ2v) is 5.43. The highest BCUT2D eigenvalue weighted by Crippen LogP contribution is 2.25. The molecule has 3 rings (SSSR count). The highest BCUT2D eigenvalue weighted by molar-refractivity contribution is 6.32. The third kappa shape index (κ3) is 3.29. The first-order valence-corrected chi connectivity index (χ1v) is 7.59. The van der Waals surface area contributed by atoms with Crippen LogP contribution in [0.3, 0.4) is 0 Å². The number of ether oxygens (including phenoxy) is 1. The lowest BCUT2D eigenvalue weighted by Gasteiger charge is -2.22. The number of carbonyl (C=O) groups excluding carboxylic acids is 2. The fourth-order valence-corrected chi connectivity index (χ4v) is 2.63. The number of hydrogen-bond donors (Lipinski definition) is 1. The fourth-order valence-electron chi connectivity index (χ4n) is 2.44. The Morgan fingerprint density at radius 2 is 1.83 bits per heavy atom. The van der Waals surface area contributed by atoms with Crippen molar-refractivity contribution in [2.24, 2.45) is 0 Å². The second-order valence-electron chi connectivity index (χ2n) is 5.02. The maximum atomic E-state index is 12.3. The summed E-state index contributed by atoms with van der Waals surface area (Å²) in [7, 11) is 0. The highest BCUT2D eigenvalue weighted by atomic mass is 35.5. The lowest BCUT2D eigenvalue weighted by Crippen LogP contribution is -2.38. The van der Waals surface area contributed by atoms with Gasteiger partial charge in [0.2, 0.25) is 5.91 Å². The van der Waals surface area contributed by atoms with Crippen LogP contribution < -0.4 is 15.0 Å². The minimum absolute atomic E-state index is 0.0282. The minimum atomic E-state index is -0.247. The van der Waals surface area contributed by atoms with E-state index in [-0.39, 0.29) is 25.0 Å². The molecule has 0 atom stereocenters. The zero-order valence-electron chi connectivity index (χ0n) is 12.3. The predicted molar refractivity (Wildman–Crippen MR) is 88.1 cm³/mol. The van der Waals surface area contributed by atoms with Crippen molar-refractivity contribution in [3.63, 3.8) is 0 Å². The Balaban J connectivity index is 1.76. The molecule has 0 aromatic heterocycles. The number of hydrogen-bond acceptors (Lipinski definition) is 3. The standard InChI is InChI=1S/C17H15ClN2O3/c18-13-6-2-4-8-15(13)23-10-9-20-14-7-3-1-5-12(14)17(22)19-11-16(20)21/h1-8H,9-11H2,(H,19,22). The first-order chi connectivity index (χ1) is 11.2. The number of fused-ring (bicyclic) bond motifs is 1. The van der Waals surface area contributed by atoms with Gasteiger partial charge >= 0.3 is 0 Å². The molecule has 0 aliphatic carbocycles. The average Bonchev–Trinajstić information content (AvgIpc) is 2.68. The summed E-state index contributed by atoms with van der Waals surface area (Å²) in [5.41, 5.74) is 1.08. The summed E-state index contributed by atoms with van der Waals surface area (Å²) in [6.07, 6.45) is 0. The van der Waals surface area contributed by atoms with Gasteiger partial charge in [-0.05, 0) is 24.3 Å². The van der Waals surface area contributed by atoms with Crippen LogP contribution in [0.15, 0.2) is 48.5 Å². The Bertz CT molecular complexity index is 748. The van der Waals surface area contributed by atoms with Crippen LogP contribution in [0.4, 0.5) is 5.69 Å². The van der Waals surface area contributed by atoms with Crippen LogP contribution in [-0.2, 0) is 4.79 Å². The van der Waals surface area contributed by atoms with Gasteiger partial charge in [0, 0.05) is 0 Å². The smallest absolute Gasteiger partial charge is 0.253 e. The number of rotatable bonds is 4. The van der Waals surface area contributed by atoms with Gasteiger partial charge in [-0.15, -0.1) is 0 Å². The first-order valence-electron chi connectivity index (χ1n) is 7.22. The molecular formula is C17H15ClN2O3. The first kappa shape index (κ1) is 15.4. The molecule has 0 radical (unpaired) electrons. The summed E-state index contributed by atoms with van der Waals surface area (Å²) in [5, 5.41) is 3.13. The number of amides is 2. The Hall–Kier alpha value is -2.53. The molecular weight excluding hydrogens is 316 g/mol. The lowest BCUT2D eigenvalue weighted by atomic mass is 10.1. The Kier molecular flexibility index (Phi) is 4.48. The molecule has 2 amide bonds. The monoisotopic (exact) mass is 330 g/mol. The quantitative estimate of drug-likeness (QED) is 0.937. The third-order valence-electron chi connectivity index (χ3n) is 3.55. The molecule has 0 bridgehead atoms. The number of anilines is 1. The van der Waals surface area contributed by atoms with Crippen molar-refractivity contribution in [1.82, 2.24) is 5.32 Å². The predicted octanol–water partition coefficient (Wildman–Crippen LogP) is 2.50. The number of nitrogens with zero attached hydrogens (tertiary/aromatic N) is 1. The average molecular weight is 331 g/mol. The fraction of sp³-hybridized carbons (Fsp3) is 0.176. The van der Waals surface area contributed by atoms with Crippen LogP contribution in [-0.4, -0.2) is 31.5 Å². The van der Waals surface area contributed by atoms with Crippen LogP contribution in [0, 0.1) is 0 Å². The number of halogens is 1. The Morgan fingerprint density at radius 3 is 2.65 bits per heavy atom. The topological polar surface area (TPSA) is 58.6 Å². The van der Waals surface area contributed by atoms with Crippen LogP contribution in [0.5, 0.6) is 5.75 Å². The van der Waals surface area contributed by atoms with E-state index >= 15 is 0 Å². The van der Waals surface area contributed by atoms with Gasteiger partial charge in [0.15, 0.2) is 0 Å². The van der Waals surface area contributed by atoms with Crippen molar-refractivity contribution in [3.8, 4) is 5.75 Å².